The van der Waals surface area contributed by atoms with Crippen molar-refractivity contribution in [2.24, 2.45) is 0 Å². The van der Waals surface area contributed by atoms with E-state index in [1.165, 1.54) is 10.9 Å². The van der Waals surface area contributed by atoms with Crippen LogP contribution >= 0.6 is 0 Å². The third-order valence-corrected chi connectivity index (χ3v) is 5.16. The number of aromatic nitrogens is 1. The average Bonchev–Trinajstić information content (AvgIpc) is 2.74. The van der Waals surface area contributed by atoms with Crippen LogP contribution in [0.4, 0.5) is 0 Å². The van der Waals surface area contributed by atoms with Crippen LogP contribution in [0.2, 0.25) is 0 Å². The maximum atomic E-state index is 5.63. The van der Waals surface area contributed by atoms with Crippen molar-refractivity contribution in [1.29, 1.82) is 0 Å². The van der Waals surface area contributed by atoms with Gasteiger partial charge in [-0.15, -0.1) is 0 Å². The predicted octanol–water partition coefficient (Wildman–Crippen LogP) is 5.31. The fourth-order valence-corrected chi connectivity index (χ4v) is 3.66. The second-order valence-corrected chi connectivity index (χ2v) is 6.82. The van der Waals surface area contributed by atoms with Crippen molar-refractivity contribution in [2.75, 3.05) is 21.3 Å². The number of rotatable bonds is 5. The quantitative estimate of drug-likeness (QED) is 0.475. The number of methoxy groups -OCH3 is 3. The molecule has 3 aromatic carbocycles. The molecule has 4 nitrogen and oxygen atoms in total. The Morgan fingerprint density at radius 1 is 0.714 bits per heavy atom. The zero-order chi connectivity index (χ0) is 19.7. The first-order valence-corrected chi connectivity index (χ1v) is 9.21. The molecule has 0 bridgehead atoms. The standard InChI is InChI=1S/C24H23NO3/c1-15-21-10-9-20(27-3)14-22(21)23(24(25-15)28-4)12-16-5-6-18-13-19(26-2)8-7-17(18)11-16/h5-11,13-14H,12H2,1-4H3. The van der Waals surface area contributed by atoms with Crippen molar-refractivity contribution in [3.05, 3.63) is 71.4 Å². The summed E-state index contributed by atoms with van der Waals surface area (Å²) >= 11 is 0. The van der Waals surface area contributed by atoms with E-state index in [4.69, 9.17) is 14.2 Å². The Bertz CT molecular complexity index is 1170. The lowest BCUT2D eigenvalue weighted by molar-refractivity contribution is 0.393. The van der Waals surface area contributed by atoms with Crippen LogP contribution in [0.5, 0.6) is 17.4 Å². The highest BCUT2D eigenvalue weighted by Crippen LogP contribution is 2.33. The van der Waals surface area contributed by atoms with Crippen molar-refractivity contribution in [2.45, 2.75) is 13.3 Å². The number of nitrogens with zero attached hydrogens (tertiary/aromatic N) is 1. The molecule has 4 heteroatoms. The Balaban J connectivity index is 1.84. The fourth-order valence-electron chi connectivity index (χ4n) is 3.66. The molecule has 0 atom stereocenters. The summed E-state index contributed by atoms with van der Waals surface area (Å²) in [7, 11) is 5.04. The van der Waals surface area contributed by atoms with Crippen LogP contribution in [0.15, 0.2) is 54.6 Å². The van der Waals surface area contributed by atoms with Crippen molar-refractivity contribution < 1.29 is 14.2 Å². The van der Waals surface area contributed by atoms with E-state index >= 15 is 0 Å². The van der Waals surface area contributed by atoms with Gasteiger partial charge in [-0.3, -0.25) is 0 Å². The number of ether oxygens (including phenoxy) is 3. The van der Waals surface area contributed by atoms with Gasteiger partial charge in [0.15, 0.2) is 0 Å². The van der Waals surface area contributed by atoms with E-state index in [9.17, 15) is 0 Å². The molecule has 0 fully saturated rings. The highest BCUT2D eigenvalue weighted by molar-refractivity contribution is 5.91. The van der Waals surface area contributed by atoms with Crippen molar-refractivity contribution in [1.82, 2.24) is 4.98 Å². The molecular weight excluding hydrogens is 350 g/mol. The number of hydrogen-bond donors (Lipinski definition) is 0. The van der Waals surface area contributed by atoms with Gasteiger partial charge in [-0.25, -0.2) is 4.98 Å². The molecule has 0 aliphatic heterocycles. The predicted molar refractivity (Wildman–Crippen MR) is 113 cm³/mol. The van der Waals surface area contributed by atoms with Gasteiger partial charge in [0.05, 0.1) is 21.3 Å². The molecular formula is C24H23NO3. The van der Waals surface area contributed by atoms with Gasteiger partial charge in [-0.05, 0) is 59.0 Å². The number of pyridine rings is 1. The van der Waals surface area contributed by atoms with Gasteiger partial charge in [0.2, 0.25) is 5.88 Å². The van der Waals surface area contributed by atoms with E-state index < -0.39 is 0 Å². The molecule has 0 aliphatic carbocycles. The van der Waals surface area contributed by atoms with Crippen LogP contribution in [0.1, 0.15) is 16.8 Å². The number of benzene rings is 3. The molecule has 4 aromatic rings. The van der Waals surface area contributed by atoms with Gasteiger partial charge in [0.25, 0.3) is 0 Å². The zero-order valence-corrected chi connectivity index (χ0v) is 16.6. The van der Waals surface area contributed by atoms with Crippen molar-refractivity contribution in [3.8, 4) is 17.4 Å². The van der Waals surface area contributed by atoms with Gasteiger partial charge < -0.3 is 14.2 Å². The van der Waals surface area contributed by atoms with E-state index in [0.29, 0.717) is 5.88 Å². The van der Waals surface area contributed by atoms with Gasteiger partial charge in [0.1, 0.15) is 11.5 Å². The second-order valence-electron chi connectivity index (χ2n) is 6.82. The Morgan fingerprint density at radius 3 is 2.14 bits per heavy atom. The lowest BCUT2D eigenvalue weighted by atomic mass is 9.97. The molecule has 1 aromatic heterocycles. The van der Waals surface area contributed by atoms with E-state index in [2.05, 4.69) is 41.4 Å². The molecule has 0 aliphatic rings. The molecule has 0 amide bonds. The van der Waals surface area contributed by atoms with Crippen molar-refractivity contribution >= 4 is 21.5 Å². The van der Waals surface area contributed by atoms with Crippen LogP contribution in [-0.4, -0.2) is 26.3 Å². The third-order valence-electron chi connectivity index (χ3n) is 5.16. The Kier molecular flexibility index (Phi) is 4.78. The SMILES string of the molecule is COc1ccc2cc(Cc3c(OC)nc(C)c4ccc(OC)cc34)ccc2c1. The normalized spacial score (nSPS) is 11.0. The van der Waals surface area contributed by atoms with Crippen LogP contribution in [0.3, 0.4) is 0 Å². The molecule has 0 N–H and O–H groups in total. The van der Waals surface area contributed by atoms with Gasteiger partial charge in [-0.2, -0.15) is 0 Å². The minimum Gasteiger partial charge on any atom is -0.497 e. The number of fused-ring (bicyclic) bond motifs is 2. The van der Waals surface area contributed by atoms with Gasteiger partial charge >= 0.3 is 0 Å². The molecule has 1 heterocycles. The zero-order valence-electron chi connectivity index (χ0n) is 16.6. The Morgan fingerprint density at radius 2 is 1.39 bits per heavy atom. The van der Waals surface area contributed by atoms with Crippen LogP contribution in [0, 0.1) is 6.92 Å². The highest BCUT2D eigenvalue weighted by Gasteiger charge is 2.14. The summed E-state index contributed by atoms with van der Waals surface area (Å²) in [5.41, 5.74) is 3.21. The first-order valence-electron chi connectivity index (χ1n) is 9.21. The maximum Gasteiger partial charge on any atom is 0.217 e. The highest BCUT2D eigenvalue weighted by atomic mass is 16.5. The Hall–Kier alpha value is -3.27. The molecule has 0 saturated heterocycles. The van der Waals surface area contributed by atoms with Crippen LogP contribution in [0.25, 0.3) is 21.5 Å². The summed E-state index contributed by atoms with van der Waals surface area (Å²) in [6.07, 6.45) is 0.724. The summed E-state index contributed by atoms with van der Waals surface area (Å²) in [6.45, 7) is 2.00. The fraction of sp³-hybridized carbons (Fsp3) is 0.208. The minimum absolute atomic E-state index is 0.660. The van der Waals surface area contributed by atoms with E-state index in [1.807, 2.05) is 25.1 Å². The topological polar surface area (TPSA) is 40.6 Å². The lowest BCUT2D eigenvalue weighted by Crippen LogP contribution is -2.01. The summed E-state index contributed by atoms with van der Waals surface area (Å²) < 4.78 is 16.4. The van der Waals surface area contributed by atoms with E-state index in [0.717, 1.165) is 45.3 Å². The first-order chi connectivity index (χ1) is 13.6. The molecule has 28 heavy (non-hydrogen) atoms. The van der Waals surface area contributed by atoms with Crippen LogP contribution < -0.4 is 14.2 Å². The second kappa shape index (κ2) is 7.39. The van der Waals surface area contributed by atoms with E-state index in [1.54, 1.807) is 21.3 Å². The molecule has 0 radical (unpaired) electrons. The largest absolute Gasteiger partial charge is 0.497 e. The van der Waals surface area contributed by atoms with Crippen LogP contribution in [-0.2, 0) is 6.42 Å². The average molecular weight is 373 g/mol. The Labute approximate surface area is 164 Å². The maximum absolute atomic E-state index is 5.63. The summed E-state index contributed by atoms with van der Waals surface area (Å²) in [6, 6.07) is 18.7. The first kappa shape index (κ1) is 18.1. The van der Waals surface area contributed by atoms with Gasteiger partial charge in [-0.1, -0.05) is 24.3 Å². The molecule has 0 spiro atoms. The van der Waals surface area contributed by atoms with E-state index in [-0.39, 0.29) is 0 Å². The summed E-state index contributed by atoms with van der Waals surface area (Å²) in [4.78, 5) is 4.68. The third kappa shape index (κ3) is 3.22. The molecule has 0 unspecified atom stereocenters. The molecule has 0 saturated carbocycles. The minimum atomic E-state index is 0.660. The monoisotopic (exact) mass is 373 g/mol. The number of aryl methyl sites for hydroxylation is 1. The molecule has 4 rings (SSSR count). The van der Waals surface area contributed by atoms with Crippen molar-refractivity contribution in [3.63, 3.8) is 0 Å². The lowest BCUT2D eigenvalue weighted by Gasteiger charge is -2.15. The molecule has 142 valence electrons. The number of hydrogen-bond acceptors (Lipinski definition) is 4. The smallest absolute Gasteiger partial charge is 0.217 e. The summed E-state index contributed by atoms with van der Waals surface area (Å²) in [5.74, 6) is 2.35. The van der Waals surface area contributed by atoms with Gasteiger partial charge in [0, 0.05) is 23.1 Å². The summed E-state index contributed by atoms with van der Waals surface area (Å²) in [5, 5.41) is 4.56.